The fraction of sp³-hybridized carbons (Fsp3) is 0.800. The van der Waals surface area contributed by atoms with Crippen LogP contribution in [0.3, 0.4) is 0 Å². The molecule has 2 fully saturated rings. The van der Waals surface area contributed by atoms with Crippen LogP contribution in [0.5, 0.6) is 0 Å². The largest absolute Gasteiger partial charge is 0.480 e. The number of hydrogen-bond donors (Lipinski definition) is 4. The summed E-state index contributed by atoms with van der Waals surface area (Å²) in [6, 6.07) is -1.79. The summed E-state index contributed by atoms with van der Waals surface area (Å²) in [4.78, 5) is 66.3. The average Bonchev–Trinajstić information content (AvgIpc) is 3.64. The second kappa shape index (κ2) is 15.1. The number of aliphatic carboxylic acids is 4. The third-order valence-electron chi connectivity index (χ3n) is 7.23. The summed E-state index contributed by atoms with van der Waals surface area (Å²) in [5.74, 6) is -4.33. The van der Waals surface area contributed by atoms with Gasteiger partial charge >= 0.3 is 23.9 Å². The predicted octanol–water partition coefficient (Wildman–Crippen LogP) is -0.301. The molecule has 0 radical (unpaired) electrons. The second-order valence-corrected chi connectivity index (χ2v) is 10.6. The van der Waals surface area contributed by atoms with Crippen LogP contribution < -0.4 is 0 Å². The van der Waals surface area contributed by atoms with Crippen LogP contribution in [0.1, 0.15) is 39.5 Å². The van der Waals surface area contributed by atoms with Crippen LogP contribution in [0.2, 0.25) is 0 Å². The first-order valence-corrected chi connectivity index (χ1v) is 13.2. The summed E-state index contributed by atoms with van der Waals surface area (Å²) in [6.45, 7) is 4.84. The molecule has 13 heteroatoms. The first kappa shape index (κ1) is 31.6. The van der Waals surface area contributed by atoms with Gasteiger partial charge in [0.25, 0.3) is 0 Å². The summed E-state index contributed by atoms with van der Waals surface area (Å²) in [5.41, 5.74) is 0. The molecule has 1 heterocycles. The molecule has 2 unspecified atom stereocenters. The molecule has 2 atom stereocenters. The zero-order chi connectivity index (χ0) is 28.4. The molecule has 13 nitrogen and oxygen atoms in total. The van der Waals surface area contributed by atoms with E-state index < -0.39 is 36.0 Å². The Hall–Kier alpha value is -2.61. The summed E-state index contributed by atoms with van der Waals surface area (Å²) in [5, 5.41) is 38.7. The second-order valence-electron chi connectivity index (χ2n) is 10.6. The van der Waals surface area contributed by atoms with Gasteiger partial charge in [-0.3, -0.25) is 43.6 Å². The molecular weight excluding hydrogens is 500 g/mol. The lowest BCUT2D eigenvalue weighted by molar-refractivity contribution is -0.146. The summed E-state index contributed by atoms with van der Waals surface area (Å²) >= 11 is 0. The lowest BCUT2D eigenvalue weighted by atomic mass is 10.0. The fourth-order valence-corrected chi connectivity index (χ4v) is 5.03. The molecule has 4 N–H and O–H groups in total. The third kappa shape index (κ3) is 10.6. The van der Waals surface area contributed by atoms with Crippen LogP contribution >= 0.6 is 0 Å². The van der Waals surface area contributed by atoms with Crippen molar-refractivity contribution in [1.82, 2.24) is 19.6 Å². The number of nitrogens with zero attached hydrogens (tertiary/aromatic N) is 4. The molecule has 216 valence electrons. The maximum absolute atomic E-state index is 12.2. The van der Waals surface area contributed by atoms with E-state index >= 15 is 0 Å². The monoisotopic (exact) mass is 542 g/mol. The van der Waals surface area contributed by atoms with Crippen molar-refractivity contribution in [2.24, 2.45) is 11.8 Å². The highest BCUT2D eigenvalue weighted by Crippen LogP contribution is 2.31. The summed E-state index contributed by atoms with van der Waals surface area (Å²) < 4.78 is 0. The van der Waals surface area contributed by atoms with E-state index in [1.165, 1.54) is 0 Å². The smallest absolute Gasteiger partial charge is 0.321 e. The molecule has 1 saturated heterocycles. The maximum Gasteiger partial charge on any atom is 0.321 e. The fourth-order valence-electron chi connectivity index (χ4n) is 5.03. The van der Waals surface area contributed by atoms with Crippen LogP contribution in [-0.2, 0) is 24.0 Å². The van der Waals surface area contributed by atoms with Crippen LogP contribution in [-0.4, -0.2) is 147 Å². The predicted molar refractivity (Wildman–Crippen MR) is 136 cm³/mol. The molecule has 0 aromatic rings. The van der Waals surface area contributed by atoms with E-state index in [1.54, 1.807) is 33.4 Å². The van der Waals surface area contributed by atoms with Crippen molar-refractivity contribution in [3.05, 3.63) is 0 Å². The standard InChI is InChI=1S/C25H42N4O9/c1-17(2)23(25(37)38)29-13-9-26(15-21(31)32)7-11-28(12-8-27(10-14-29)16-22(33)34)19(24(35)36)5-6-20(30)18-3-4-18/h17-19,23H,3-16H2,1-2H3,(H,31,32)(H,33,34)(H,35,36)(H,37,38). The van der Waals surface area contributed by atoms with Gasteiger partial charge < -0.3 is 20.4 Å². The summed E-state index contributed by atoms with van der Waals surface area (Å²) in [6.07, 6.45) is 1.96. The minimum atomic E-state index is -1.08. The van der Waals surface area contributed by atoms with Crippen molar-refractivity contribution in [3.8, 4) is 0 Å². The molecule has 38 heavy (non-hydrogen) atoms. The number of carbonyl (C=O) groups is 5. The van der Waals surface area contributed by atoms with Gasteiger partial charge in [-0.25, -0.2) is 0 Å². The highest BCUT2D eigenvalue weighted by Gasteiger charge is 2.34. The van der Waals surface area contributed by atoms with E-state index in [0.29, 0.717) is 0 Å². The van der Waals surface area contributed by atoms with Gasteiger partial charge in [0.2, 0.25) is 0 Å². The van der Waals surface area contributed by atoms with Gasteiger partial charge in [0, 0.05) is 64.7 Å². The molecule has 1 saturated carbocycles. The van der Waals surface area contributed by atoms with Crippen molar-refractivity contribution < 1.29 is 44.4 Å². The number of carbonyl (C=O) groups excluding carboxylic acids is 1. The van der Waals surface area contributed by atoms with Gasteiger partial charge in [0.05, 0.1) is 13.1 Å². The average molecular weight is 543 g/mol. The van der Waals surface area contributed by atoms with E-state index in [1.807, 2.05) is 0 Å². The highest BCUT2D eigenvalue weighted by molar-refractivity contribution is 5.84. The molecule has 0 spiro atoms. The molecule has 2 rings (SSSR count). The van der Waals surface area contributed by atoms with Gasteiger partial charge in [0.1, 0.15) is 17.9 Å². The Kier molecular flexibility index (Phi) is 12.6. The first-order chi connectivity index (χ1) is 17.9. The van der Waals surface area contributed by atoms with Crippen molar-refractivity contribution >= 4 is 29.7 Å². The number of Topliss-reactive ketones (excluding diaryl/α,β-unsaturated/α-hetero) is 1. The Bertz CT molecular complexity index is 817. The van der Waals surface area contributed by atoms with Gasteiger partial charge in [-0.05, 0) is 25.2 Å². The number of carboxylic acid groups (broad SMARTS) is 4. The maximum atomic E-state index is 12.2. The molecule has 0 amide bonds. The van der Waals surface area contributed by atoms with Crippen LogP contribution in [0.15, 0.2) is 0 Å². The third-order valence-corrected chi connectivity index (χ3v) is 7.23. The van der Waals surface area contributed by atoms with Gasteiger partial charge in [-0.1, -0.05) is 13.8 Å². The Morgan fingerprint density at radius 1 is 0.684 bits per heavy atom. The molecule has 0 bridgehead atoms. The zero-order valence-corrected chi connectivity index (χ0v) is 22.3. The molecular formula is C25H42N4O9. The number of rotatable bonds is 13. The number of hydrogen-bond acceptors (Lipinski definition) is 9. The minimum absolute atomic E-state index is 0.0243. The minimum Gasteiger partial charge on any atom is -0.480 e. The Labute approximate surface area is 223 Å². The van der Waals surface area contributed by atoms with Crippen molar-refractivity contribution in [2.45, 2.75) is 51.6 Å². The van der Waals surface area contributed by atoms with Crippen LogP contribution in [0.4, 0.5) is 0 Å². The molecule has 1 aliphatic carbocycles. The molecule has 1 aliphatic heterocycles. The Balaban J connectivity index is 2.27. The quantitative estimate of drug-likeness (QED) is 0.238. The van der Waals surface area contributed by atoms with Gasteiger partial charge in [-0.15, -0.1) is 0 Å². The lowest BCUT2D eigenvalue weighted by Crippen LogP contribution is -2.54. The zero-order valence-electron chi connectivity index (χ0n) is 22.3. The Morgan fingerprint density at radius 2 is 1.13 bits per heavy atom. The van der Waals surface area contributed by atoms with Crippen molar-refractivity contribution in [3.63, 3.8) is 0 Å². The van der Waals surface area contributed by atoms with Crippen molar-refractivity contribution in [2.75, 3.05) is 65.4 Å². The van der Waals surface area contributed by atoms with E-state index in [9.17, 15) is 44.4 Å². The lowest BCUT2D eigenvalue weighted by Gasteiger charge is -2.37. The molecule has 0 aromatic carbocycles. The van der Waals surface area contributed by atoms with Crippen LogP contribution in [0, 0.1) is 11.8 Å². The number of carboxylic acids is 4. The topological polar surface area (TPSA) is 179 Å². The highest BCUT2D eigenvalue weighted by atomic mass is 16.4. The summed E-state index contributed by atoms with van der Waals surface area (Å²) in [7, 11) is 0. The first-order valence-electron chi connectivity index (χ1n) is 13.2. The van der Waals surface area contributed by atoms with E-state index in [4.69, 9.17) is 0 Å². The van der Waals surface area contributed by atoms with Gasteiger partial charge in [-0.2, -0.15) is 0 Å². The van der Waals surface area contributed by atoms with Crippen LogP contribution in [0.25, 0.3) is 0 Å². The van der Waals surface area contributed by atoms with E-state index in [2.05, 4.69) is 0 Å². The molecule has 0 aromatic heterocycles. The van der Waals surface area contributed by atoms with E-state index in [-0.39, 0.29) is 95.9 Å². The Morgan fingerprint density at radius 3 is 1.47 bits per heavy atom. The number of ketones is 1. The SMILES string of the molecule is CC(C)C(C(=O)O)N1CCN(CC(=O)O)CCN(C(CCC(=O)C2CC2)C(=O)O)CCN(CC(=O)O)CC1. The normalized spacial score (nSPS) is 21.2. The van der Waals surface area contributed by atoms with E-state index in [0.717, 1.165) is 12.8 Å². The van der Waals surface area contributed by atoms with Crippen molar-refractivity contribution in [1.29, 1.82) is 0 Å². The molecule has 2 aliphatic rings. The van der Waals surface area contributed by atoms with Gasteiger partial charge in [0.15, 0.2) is 0 Å².